The summed E-state index contributed by atoms with van der Waals surface area (Å²) in [4.78, 5) is 0.457. The number of hydrogen-bond acceptors (Lipinski definition) is 2. The minimum absolute atomic E-state index is 0.140. The molecule has 0 fully saturated rings. The highest BCUT2D eigenvalue weighted by molar-refractivity contribution is 7.81. The number of rotatable bonds is 5. The fourth-order valence-electron chi connectivity index (χ4n) is 3.17. The largest absolute Gasteiger partial charge is 0.502 e. The fraction of sp³-hybridized carbons (Fsp3) is 0.167. The molecule has 28 heavy (non-hydrogen) atoms. The smallest absolute Gasteiger partial charge is 0.288 e. The van der Waals surface area contributed by atoms with E-state index in [9.17, 15) is 5.11 Å². The Morgan fingerprint density at radius 1 is 0.964 bits per heavy atom. The maximum Gasteiger partial charge on any atom is 0.288 e. The van der Waals surface area contributed by atoms with Gasteiger partial charge in [-0.25, -0.2) is 0 Å². The van der Waals surface area contributed by atoms with Crippen LogP contribution in [-0.2, 0) is 6.42 Å². The molecule has 0 atom stereocenters. The minimum Gasteiger partial charge on any atom is -0.502 e. The van der Waals surface area contributed by atoms with Gasteiger partial charge in [0.05, 0.1) is 0 Å². The number of benzene rings is 2. The molecule has 0 aliphatic heterocycles. The van der Waals surface area contributed by atoms with E-state index in [4.69, 9.17) is 12.2 Å². The predicted molar refractivity (Wildman–Crippen MR) is 120 cm³/mol. The number of thiocarbonyl (C=S) groups is 1. The fourth-order valence-corrected chi connectivity index (χ4v) is 3.49. The molecule has 0 saturated heterocycles. The van der Waals surface area contributed by atoms with Gasteiger partial charge in [0.15, 0.2) is 23.1 Å². The highest BCUT2D eigenvalue weighted by Crippen LogP contribution is 2.21. The predicted octanol–water partition coefficient (Wildman–Crippen LogP) is 5.48. The van der Waals surface area contributed by atoms with E-state index in [1.807, 2.05) is 71.6 Å². The third-order valence-corrected chi connectivity index (χ3v) is 4.82. The lowest BCUT2D eigenvalue weighted by Gasteiger charge is -2.11. The second-order valence-electron chi connectivity index (χ2n) is 6.86. The monoisotopic (exact) mass is 389 g/mol. The Bertz CT molecular complexity index is 988. The molecule has 3 nitrogen and oxygen atoms in total. The molecular formula is C24H25N2OS+. The van der Waals surface area contributed by atoms with Gasteiger partial charge >= 0.3 is 0 Å². The van der Waals surface area contributed by atoms with Crippen LogP contribution in [0.2, 0.25) is 0 Å². The standard InChI is InChI=1S/C24H24N2OS/c1-4-19-8-10-20(11-9-19)23(27)22(26-12-6-5-7-13-26)24(28)25-21-15-17(2)14-18(3)16-21/h5-16H,4H2,1-3H3,(H-,25,27,28)/p+1. The number of aliphatic hydroxyl groups is 1. The summed E-state index contributed by atoms with van der Waals surface area (Å²) >= 11 is 5.70. The first-order chi connectivity index (χ1) is 13.5. The number of anilines is 1. The zero-order valence-electron chi connectivity index (χ0n) is 16.4. The number of aryl methyl sites for hydroxylation is 3. The maximum absolute atomic E-state index is 11.1. The molecule has 1 heterocycles. The maximum atomic E-state index is 11.1. The van der Waals surface area contributed by atoms with Gasteiger partial charge < -0.3 is 10.4 Å². The second kappa shape index (κ2) is 8.81. The van der Waals surface area contributed by atoms with Crippen LogP contribution >= 0.6 is 12.2 Å². The van der Waals surface area contributed by atoms with Crippen molar-refractivity contribution in [1.29, 1.82) is 0 Å². The normalized spacial score (nSPS) is 11.7. The Balaban J connectivity index is 2.04. The van der Waals surface area contributed by atoms with E-state index in [0.29, 0.717) is 10.7 Å². The summed E-state index contributed by atoms with van der Waals surface area (Å²) in [6.07, 6.45) is 4.71. The summed E-state index contributed by atoms with van der Waals surface area (Å²) in [5.41, 5.74) is 5.71. The topological polar surface area (TPSA) is 36.1 Å². The molecule has 0 bridgehead atoms. The molecule has 0 radical (unpaired) electrons. The van der Waals surface area contributed by atoms with Crippen LogP contribution in [0, 0.1) is 13.8 Å². The van der Waals surface area contributed by atoms with Crippen molar-refractivity contribution in [2.75, 3.05) is 5.32 Å². The molecule has 3 aromatic rings. The zero-order valence-corrected chi connectivity index (χ0v) is 17.3. The summed E-state index contributed by atoms with van der Waals surface area (Å²) in [6, 6.07) is 19.9. The molecule has 0 spiro atoms. The van der Waals surface area contributed by atoms with E-state index in [1.54, 1.807) is 0 Å². The van der Waals surface area contributed by atoms with E-state index < -0.39 is 0 Å². The SMILES string of the molecule is CCc1ccc(/C(O)=C(/C(=S)Nc2cc(C)cc(C)c2)[n+]2ccccc2)cc1. The highest BCUT2D eigenvalue weighted by atomic mass is 32.1. The van der Waals surface area contributed by atoms with Crippen molar-refractivity contribution in [3.05, 3.63) is 95.3 Å². The first kappa shape index (κ1) is 19.8. The van der Waals surface area contributed by atoms with E-state index in [1.165, 1.54) is 5.56 Å². The average molecular weight is 390 g/mol. The van der Waals surface area contributed by atoms with Gasteiger partial charge in [-0.15, -0.1) is 0 Å². The third-order valence-electron chi connectivity index (χ3n) is 4.53. The van der Waals surface area contributed by atoms with Crippen LogP contribution in [0.25, 0.3) is 11.5 Å². The Morgan fingerprint density at radius 3 is 2.14 bits per heavy atom. The number of aromatic nitrogens is 1. The van der Waals surface area contributed by atoms with E-state index in [-0.39, 0.29) is 5.76 Å². The van der Waals surface area contributed by atoms with Crippen molar-refractivity contribution >= 4 is 34.3 Å². The van der Waals surface area contributed by atoms with Crippen LogP contribution in [0.15, 0.2) is 73.1 Å². The van der Waals surface area contributed by atoms with Gasteiger partial charge in [-0.3, -0.25) is 0 Å². The summed E-state index contributed by atoms with van der Waals surface area (Å²) in [5, 5.41) is 14.4. The first-order valence-electron chi connectivity index (χ1n) is 9.37. The number of hydrogen-bond donors (Lipinski definition) is 2. The van der Waals surface area contributed by atoms with E-state index in [0.717, 1.165) is 28.8 Å². The molecule has 0 aliphatic carbocycles. The molecule has 2 aromatic carbocycles. The number of nitrogens with zero attached hydrogens (tertiary/aromatic N) is 1. The molecule has 0 aliphatic rings. The summed E-state index contributed by atoms with van der Waals surface area (Å²) in [6.45, 7) is 6.21. The van der Waals surface area contributed by atoms with Crippen molar-refractivity contribution in [2.45, 2.75) is 27.2 Å². The number of pyridine rings is 1. The lowest BCUT2D eigenvalue weighted by Crippen LogP contribution is -2.38. The Labute approximate surface area is 172 Å². The van der Waals surface area contributed by atoms with Crippen molar-refractivity contribution in [2.24, 2.45) is 0 Å². The van der Waals surface area contributed by atoms with Crippen LogP contribution in [0.5, 0.6) is 0 Å². The Morgan fingerprint density at radius 2 is 1.57 bits per heavy atom. The van der Waals surface area contributed by atoms with Gasteiger partial charge in [-0.2, -0.15) is 4.57 Å². The first-order valence-corrected chi connectivity index (χ1v) is 9.77. The molecule has 4 heteroatoms. The van der Waals surface area contributed by atoms with Crippen LogP contribution in [0.1, 0.15) is 29.2 Å². The molecule has 1 aromatic heterocycles. The van der Waals surface area contributed by atoms with Crippen molar-refractivity contribution < 1.29 is 9.67 Å². The molecule has 2 N–H and O–H groups in total. The lowest BCUT2D eigenvalue weighted by molar-refractivity contribution is -0.575. The van der Waals surface area contributed by atoms with Gasteiger partial charge in [0.2, 0.25) is 0 Å². The molecule has 0 saturated carbocycles. The quantitative estimate of drug-likeness (QED) is 0.263. The van der Waals surface area contributed by atoms with Crippen molar-refractivity contribution in [3.63, 3.8) is 0 Å². The lowest BCUT2D eigenvalue weighted by atomic mass is 10.1. The molecule has 0 unspecified atom stereocenters. The van der Waals surface area contributed by atoms with Crippen LogP contribution in [-0.4, -0.2) is 10.1 Å². The van der Waals surface area contributed by atoms with Crippen molar-refractivity contribution in [3.8, 4) is 0 Å². The number of nitrogens with one attached hydrogen (secondary N) is 1. The second-order valence-corrected chi connectivity index (χ2v) is 7.27. The van der Waals surface area contributed by atoms with Gasteiger partial charge in [0.1, 0.15) is 0 Å². The Kier molecular flexibility index (Phi) is 6.22. The molecule has 0 amide bonds. The highest BCUT2D eigenvalue weighted by Gasteiger charge is 2.23. The van der Waals surface area contributed by atoms with Gasteiger partial charge in [-0.1, -0.05) is 55.5 Å². The zero-order chi connectivity index (χ0) is 20.1. The van der Waals surface area contributed by atoms with Gasteiger partial charge in [0, 0.05) is 23.4 Å². The van der Waals surface area contributed by atoms with E-state index in [2.05, 4.69) is 32.2 Å². The summed E-state index contributed by atoms with van der Waals surface area (Å²) in [7, 11) is 0. The Hall–Kier alpha value is -2.98. The van der Waals surface area contributed by atoms with Gasteiger partial charge in [0.25, 0.3) is 5.70 Å². The number of aliphatic hydroxyl groups excluding tert-OH is 1. The third kappa shape index (κ3) is 4.65. The molecule has 3 rings (SSSR count). The van der Waals surface area contributed by atoms with Crippen LogP contribution < -0.4 is 9.88 Å². The molecular weight excluding hydrogens is 364 g/mol. The van der Waals surface area contributed by atoms with E-state index >= 15 is 0 Å². The van der Waals surface area contributed by atoms with Crippen LogP contribution in [0.3, 0.4) is 0 Å². The van der Waals surface area contributed by atoms with Crippen LogP contribution in [0.4, 0.5) is 5.69 Å². The van der Waals surface area contributed by atoms with Gasteiger partial charge in [-0.05, 0) is 49.1 Å². The average Bonchev–Trinajstić information content (AvgIpc) is 2.68. The minimum atomic E-state index is 0.140. The summed E-state index contributed by atoms with van der Waals surface area (Å²) in [5.74, 6) is 0.140. The van der Waals surface area contributed by atoms with Crippen molar-refractivity contribution in [1.82, 2.24) is 0 Å². The summed E-state index contributed by atoms with van der Waals surface area (Å²) < 4.78 is 1.83. The molecule has 142 valence electrons.